The molecule has 0 radical (unpaired) electrons. The fourth-order valence-corrected chi connectivity index (χ4v) is 5.02. The summed E-state index contributed by atoms with van der Waals surface area (Å²) >= 11 is 0. The van der Waals surface area contributed by atoms with E-state index < -0.39 is 28.7 Å². The number of methoxy groups -OCH3 is 1. The number of esters is 1. The Morgan fingerprint density at radius 1 is 1.17 bits per heavy atom. The molecule has 6 nitrogen and oxygen atoms in total. The number of phenols is 1. The maximum Gasteiger partial charge on any atom is 0.338 e. The third-order valence-electron chi connectivity index (χ3n) is 6.80. The Hall–Kier alpha value is -2.05. The van der Waals surface area contributed by atoms with Crippen LogP contribution >= 0.6 is 0 Å². The van der Waals surface area contributed by atoms with E-state index in [0.29, 0.717) is 6.42 Å². The molecule has 2 aliphatic rings. The minimum Gasteiger partial charge on any atom is -0.504 e. The van der Waals surface area contributed by atoms with Crippen molar-refractivity contribution in [1.82, 2.24) is 0 Å². The number of fused-ring (bicyclic) bond motifs is 1. The van der Waals surface area contributed by atoms with Crippen LogP contribution in [0, 0.1) is 17.3 Å². The monoisotopic (exact) mass is 404 g/mol. The van der Waals surface area contributed by atoms with E-state index in [1.165, 1.54) is 25.3 Å². The quantitative estimate of drug-likeness (QED) is 0.525. The zero-order chi connectivity index (χ0) is 21.6. The number of hydrogen-bond donors (Lipinski definition) is 3. The van der Waals surface area contributed by atoms with Gasteiger partial charge in [0, 0.05) is 12.3 Å². The van der Waals surface area contributed by atoms with Gasteiger partial charge in [0.25, 0.3) is 0 Å². The highest BCUT2D eigenvalue weighted by Crippen LogP contribution is 2.57. The molecule has 160 valence electrons. The molecule has 3 N–H and O–H groups in total. The first kappa shape index (κ1) is 21.7. The predicted octanol–water partition coefficient (Wildman–Crippen LogP) is 3.44. The lowest BCUT2D eigenvalue weighted by Crippen LogP contribution is -2.51. The van der Waals surface area contributed by atoms with Crippen molar-refractivity contribution in [3.8, 4) is 11.5 Å². The summed E-state index contributed by atoms with van der Waals surface area (Å²) < 4.78 is 11.0. The molecule has 6 heteroatoms. The molecule has 0 aromatic heterocycles. The molecule has 1 aromatic rings. The van der Waals surface area contributed by atoms with Crippen LogP contribution in [0.25, 0.3) is 0 Å². The Bertz CT molecular complexity index is 814. The molecule has 5 atom stereocenters. The number of rotatable bonds is 4. The third kappa shape index (κ3) is 3.88. The Labute approximate surface area is 172 Å². The molecule has 1 saturated carbocycles. The fourth-order valence-electron chi connectivity index (χ4n) is 5.02. The largest absolute Gasteiger partial charge is 0.504 e. The first-order valence-corrected chi connectivity index (χ1v) is 10.1. The van der Waals surface area contributed by atoms with Crippen LogP contribution in [-0.2, 0) is 4.74 Å². The Kier molecular flexibility index (Phi) is 5.47. The topological polar surface area (TPSA) is 96.2 Å². The molecule has 29 heavy (non-hydrogen) atoms. The van der Waals surface area contributed by atoms with Crippen LogP contribution in [0.4, 0.5) is 0 Å². The summed E-state index contributed by atoms with van der Waals surface area (Å²) in [5.41, 5.74) is -2.30. The lowest BCUT2D eigenvalue weighted by Gasteiger charge is -2.43. The van der Waals surface area contributed by atoms with Crippen molar-refractivity contribution in [3.05, 3.63) is 35.9 Å². The Balaban J connectivity index is 1.97. The normalized spacial score (nSPS) is 36.6. The summed E-state index contributed by atoms with van der Waals surface area (Å²) in [6.45, 7) is 7.69. The molecule has 2 aliphatic carbocycles. The highest BCUT2D eigenvalue weighted by atomic mass is 16.5. The average Bonchev–Trinajstić information content (AvgIpc) is 2.87. The second-order valence-corrected chi connectivity index (χ2v) is 9.35. The average molecular weight is 405 g/mol. The van der Waals surface area contributed by atoms with Gasteiger partial charge in [0.15, 0.2) is 11.5 Å². The fraction of sp³-hybridized carbons (Fsp3) is 0.609. The van der Waals surface area contributed by atoms with Gasteiger partial charge in [-0.15, -0.1) is 0 Å². The van der Waals surface area contributed by atoms with Gasteiger partial charge in [-0.25, -0.2) is 4.79 Å². The summed E-state index contributed by atoms with van der Waals surface area (Å²) in [5, 5.41) is 32.1. The SMILES string of the molecule is COc1cc(C(=O)O[C@@H]2C[C@@](C)(O)C=C[C@@]3(C)CC[C@@](O)(C(C)C)[C@@H]23)ccc1O. The van der Waals surface area contributed by atoms with Gasteiger partial charge in [0.2, 0.25) is 0 Å². The number of carbonyl (C=O) groups is 1. The van der Waals surface area contributed by atoms with Crippen LogP contribution in [-0.4, -0.2) is 45.7 Å². The van der Waals surface area contributed by atoms with Crippen molar-refractivity contribution >= 4 is 5.97 Å². The molecule has 0 bridgehead atoms. The van der Waals surface area contributed by atoms with E-state index in [0.717, 1.165) is 6.42 Å². The van der Waals surface area contributed by atoms with Crippen molar-refractivity contribution in [3.63, 3.8) is 0 Å². The van der Waals surface area contributed by atoms with Gasteiger partial charge in [-0.05, 0) is 49.3 Å². The van der Waals surface area contributed by atoms with Gasteiger partial charge in [0.1, 0.15) is 6.10 Å². The Morgan fingerprint density at radius 2 is 1.86 bits per heavy atom. The van der Waals surface area contributed by atoms with Gasteiger partial charge >= 0.3 is 5.97 Å². The van der Waals surface area contributed by atoms with Crippen LogP contribution in [0.3, 0.4) is 0 Å². The standard InChI is InChI=1S/C23H32O6/c1-14(2)23(27)11-9-21(3)8-10-22(4,26)13-18(19(21)23)29-20(25)15-6-7-16(24)17(12-15)28-5/h6-8,10,12,14,18-19,24,26-27H,9,11,13H2,1-5H3/t18-,19+,21+,22+,23-/m1/s1. The molecule has 0 spiro atoms. The lowest BCUT2D eigenvalue weighted by atomic mass is 9.68. The molecule has 1 fully saturated rings. The van der Waals surface area contributed by atoms with E-state index >= 15 is 0 Å². The number of carbonyl (C=O) groups excluding carboxylic acids is 1. The maximum atomic E-state index is 12.9. The third-order valence-corrected chi connectivity index (χ3v) is 6.80. The highest BCUT2D eigenvalue weighted by Gasteiger charge is 2.60. The van der Waals surface area contributed by atoms with E-state index in [2.05, 4.69) is 6.92 Å². The van der Waals surface area contributed by atoms with Crippen LogP contribution in [0.1, 0.15) is 57.3 Å². The lowest BCUT2D eigenvalue weighted by molar-refractivity contribution is -0.116. The number of phenolic OH excluding ortho intramolecular Hbond substituents is 1. The molecule has 3 rings (SSSR count). The first-order valence-electron chi connectivity index (χ1n) is 10.1. The summed E-state index contributed by atoms with van der Waals surface area (Å²) in [4.78, 5) is 12.9. The first-order chi connectivity index (χ1) is 13.4. The Morgan fingerprint density at radius 3 is 2.48 bits per heavy atom. The second-order valence-electron chi connectivity index (χ2n) is 9.35. The molecular weight excluding hydrogens is 372 g/mol. The summed E-state index contributed by atoms with van der Waals surface area (Å²) in [5.74, 6) is -0.836. The summed E-state index contributed by atoms with van der Waals surface area (Å²) in [7, 11) is 1.41. The molecular formula is C23H32O6. The number of aromatic hydroxyl groups is 1. The van der Waals surface area contributed by atoms with Gasteiger partial charge in [-0.3, -0.25) is 0 Å². The van der Waals surface area contributed by atoms with Crippen molar-refractivity contribution in [1.29, 1.82) is 0 Å². The molecule has 0 unspecified atom stereocenters. The van der Waals surface area contributed by atoms with Crippen LogP contribution in [0.15, 0.2) is 30.4 Å². The molecule has 0 amide bonds. The van der Waals surface area contributed by atoms with E-state index in [9.17, 15) is 20.1 Å². The maximum absolute atomic E-state index is 12.9. The van der Waals surface area contributed by atoms with Crippen molar-refractivity contribution < 1.29 is 29.6 Å². The van der Waals surface area contributed by atoms with E-state index in [4.69, 9.17) is 9.47 Å². The summed E-state index contributed by atoms with van der Waals surface area (Å²) in [6.07, 6.45) is 4.63. The molecule has 0 aliphatic heterocycles. The van der Waals surface area contributed by atoms with Crippen molar-refractivity contribution in [2.24, 2.45) is 17.3 Å². The van der Waals surface area contributed by atoms with Crippen molar-refractivity contribution in [2.45, 2.75) is 64.3 Å². The van der Waals surface area contributed by atoms with Gasteiger partial charge < -0.3 is 24.8 Å². The zero-order valence-electron chi connectivity index (χ0n) is 17.8. The minimum atomic E-state index is -1.15. The van der Waals surface area contributed by atoms with Crippen molar-refractivity contribution in [2.75, 3.05) is 7.11 Å². The van der Waals surface area contributed by atoms with Crippen LogP contribution in [0.5, 0.6) is 11.5 Å². The molecule has 0 heterocycles. The number of aliphatic hydroxyl groups is 2. The highest BCUT2D eigenvalue weighted by molar-refractivity contribution is 5.90. The van der Waals surface area contributed by atoms with E-state index in [1.807, 2.05) is 19.9 Å². The van der Waals surface area contributed by atoms with Gasteiger partial charge in [-0.1, -0.05) is 32.9 Å². The number of hydrogen-bond acceptors (Lipinski definition) is 6. The van der Waals surface area contributed by atoms with Crippen LogP contribution in [0.2, 0.25) is 0 Å². The molecule has 1 aromatic carbocycles. The van der Waals surface area contributed by atoms with Gasteiger partial charge in [0.05, 0.1) is 23.9 Å². The van der Waals surface area contributed by atoms with E-state index in [-0.39, 0.29) is 35.3 Å². The summed E-state index contributed by atoms with van der Waals surface area (Å²) in [6, 6.07) is 4.27. The van der Waals surface area contributed by atoms with Crippen LogP contribution < -0.4 is 4.74 Å². The second kappa shape index (κ2) is 7.33. The predicted molar refractivity (Wildman–Crippen MR) is 109 cm³/mol. The number of ether oxygens (including phenoxy) is 2. The number of allylic oxidation sites excluding steroid dienone is 1. The molecule has 0 saturated heterocycles. The van der Waals surface area contributed by atoms with Gasteiger partial charge in [-0.2, -0.15) is 0 Å². The van der Waals surface area contributed by atoms with E-state index in [1.54, 1.807) is 13.0 Å². The smallest absolute Gasteiger partial charge is 0.338 e. The number of benzene rings is 1. The minimum absolute atomic E-state index is 0.0271. The zero-order valence-corrected chi connectivity index (χ0v) is 17.8.